The van der Waals surface area contributed by atoms with Crippen LogP contribution in [-0.4, -0.2) is 16.8 Å². The monoisotopic (exact) mass is 368 g/mol. The van der Waals surface area contributed by atoms with Gasteiger partial charge in [-0.25, -0.2) is 0 Å². The van der Waals surface area contributed by atoms with E-state index in [2.05, 4.69) is 26.0 Å². The summed E-state index contributed by atoms with van der Waals surface area (Å²) in [5, 5.41) is 0.765. The van der Waals surface area contributed by atoms with Crippen molar-refractivity contribution in [3.8, 4) is 0 Å². The van der Waals surface area contributed by atoms with Gasteiger partial charge in [0.15, 0.2) is 0 Å². The van der Waals surface area contributed by atoms with E-state index in [0.717, 1.165) is 54.2 Å². The summed E-state index contributed by atoms with van der Waals surface area (Å²) in [6.45, 7) is 5.49. The van der Waals surface area contributed by atoms with Gasteiger partial charge in [0.1, 0.15) is 0 Å². The molecule has 0 fully saturated rings. The summed E-state index contributed by atoms with van der Waals surface area (Å²) < 4.78 is 1.90. The number of aromatic nitrogens is 1. The quantitative estimate of drug-likeness (QED) is 0.695. The molecule has 1 heterocycles. The van der Waals surface area contributed by atoms with Crippen LogP contribution in [0, 0.1) is 0 Å². The third-order valence-electron chi connectivity index (χ3n) is 4.71. The summed E-state index contributed by atoms with van der Waals surface area (Å²) in [5.41, 5.74) is 5.89. The fourth-order valence-electron chi connectivity index (χ4n) is 3.36. The van der Waals surface area contributed by atoms with Gasteiger partial charge >= 0.3 is 0 Å². The van der Waals surface area contributed by atoms with E-state index in [0.29, 0.717) is 6.54 Å². The normalized spacial score (nSPS) is 15.0. The molecule has 26 heavy (non-hydrogen) atoms. The lowest BCUT2D eigenvalue weighted by Crippen LogP contribution is -2.28. The largest absolute Gasteiger partial charge is 0.308 e. The molecule has 0 N–H and O–H groups in total. The van der Waals surface area contributed by atoms with Crippen molar-refractivity contribution in [2.75, 3.05) is 6.54 Å². The number of hydrogen-bond acceptors (Lipinski definition) is 2. The highest BCUT2D eigenvalue weighted by Crippen LogP contribution is 2.21. The molecule has 3 nitrogen and oxygen atoms in total. The van der Waals surface area contributed by atoms with Gasteiger partial charge in [-0.05, 0) is 63.3 Å². The van der Waals surface area contributed by atoms with Crippen molar-refractivity contribution < 1.29 is 0 Å². The molecule has 0 bridgehead atoms. The third-order valence-corrected chi connectivity index (χ3v) is 4.94. The van der Waals surface area contributed by atoms with Crippen LogP contribution in [0.4, 0.5) is 0 Å². The number of halogens is 1. The lowest BCUT2D eigenvalue weighted by Gasteiger charge is -2.22. The van der Waals surface area contributed by atoms with Crippen LogP contribution < -0.4 is 5.56 Å². The maximum absolute atomic E-state index is 12.3. The molecule has 4 heteroatoms. The molecule has 0 saturated carbocycles. The first-order valence-corrected chi connectivity index (χ1v) is 9.56. The molecular weight excluding hydrogens is 344 g/mol. The molecule has 0 radical (unpaired) electrons. The summed E-state index contributed by atoms with van der Waals surface area (Å²) >= 11 is 6.05. The minimum atomic E-state index is 0.0708. The molecule has 0 amide bonds. The molecule has 1 aliphatic carbocycles. The number of pyridine rings is 1. The Balaban J connectivity index is 1.83. The second kappa shape index (κ2) is 8.50. The Morgan fingerprint density at radius 2 is 2.08 bits per heavy atom. The molecule has 3 rings (SSSR count). The van der Waals surface area contributed by atoms with Crippen molar-refractivity contribution in [2.24, 2.45) is 4.99 Å². The van der Waals surface area contributed by atoms with Gasteiger partial charge in [-0.15, -0.1) is 0 Å². The Bertz CT molecular complexity index is 905. The highest BCUT2D eigenvalue weighted by Gasteiger charge is 2.18. The second-order valence-electron chi connectivity index (χ2n) is 6.99. The predicted octanol–water partition coefficient (Wildman–Crippen LogP) is 4.84. The van der Waals surface area contributed by atoms with Gasteiger partial charge in [-0.1, -0.05) is 35.4 Å². The molecule has 0 aliphatic heterocycles. The van der Waals surface area contributed by atoms with Gasteiger partial charge in [0.25, 0.3) is 5.56 Å². The number of rotatable bonds is 5. The van der Waals surface area contributed by atoms with Crippen molar-refractivity contribution in [1.82, 2.24) is 4.57 Å². The van der Waals surface area contributed by atoms with Crippen LogP contribution in [0.1, 0.15) is 43.5 Å². The molecule has 2 aromatic rings. The number of nitrogens with zero attached hydrogens (tertiary/aromatic N) is 2. The van der Waals surface area contributed by atoms with Crippen LogP contribution in [0.2, 0.25) is 5.02 Å². The van der Waals surface area contributed by atoms with E-state index in [-0.39, 0.29) is 5.56 Å². The van der Waals surface area contributed by atoms with Crippen molar-refractivity contribution in [3.63, 3.8) is 0 Å². The van der Waals surface area contributed by atoms with E-state index in [1.54, 1.807) is 6.07 Å². The van der Waals surface area contributed by atoms with E-state index in [9.17, 15) is 4.79 Å². The first-order valence-electron chi connectivity index (χ1n) is 9.19. The van der Waals surface area contributed by atoms with Crippen LogP contribution in [0.3, 0.4) is 0 Å². The number of aliphatic imine (C=N–C) groups is 1. The van der Waals surface area contributed by atoms with Crippen LogP contribution in [0.15, 0.2) is 57.8 Å². The highest BCUT2D eigenvalue weighted by atomic mass is 35.5. The first kappa shape index (κ1) is 18.7. The molecule has 0 unspecified atom stereocenters. The Kier molecular flexibility index (Phi) is 6.10. The fourth-order valence-corrected chi connectivity index (χ4v) is 3.57. The first-order chi connectivity index (χ1) is 12.5. The van der Waals surface area contributed by atoms with E-state index in [1.807, 2.05) is 28.8 Å². The molecule has 0 saturated heterocycles. The number of fused-ring (bicyclic) bond motifs is 1. The molecule has 1 aromatic heterocycles. The van der Waals surface area contributed by atoms with Gasteiger partial charge in [0, 0.05) is 41.1 Å². The minimum absolute atomic E-state index is 0.0708. The average molecular weight is 369 g/mol. The van der Waals surface area contributed by atoms with E-state index in [4.69, 9.17) is 16.6 Å². The Labute approximate surface area is 160 Å². The Hall–Kier alpha value is -2.13. The molecule has 0 atom stereocenters. The zero-order valence-electron chi connectivity index (χ0n) is 15.5. The summed E-state index contributed by atoms with van der Waals surface area (Å²) in [6.07, 6.45) is 5.93. The molecule has 0 spiro atoms. The van der Waals surface area contributed by atoms with E-state index >= 15 is 0 Å². The SMILES string of the molecule is CC(C)=CCn1c2c(ccc1=O)C(=NCCc1cccc(Cl)c1)CCC2. The standard InChI is InChI=1S/C22H25ClN2O/c1-16(2)12-14-25-21-8-4-7-20(19(21)9-10-22(25)26)24-13-11-17-5-3-6-18(23)15-17/h3,5-6,9-10,12,15H,4,7-8,11,13-14H2,1-2H3. The van der Waals surface area contributed by atoms with Gasteiger partial charge in [-0.2, -0.15) is 0 Å². The summed E-state index contributed by atoms with van der Waals surface area (Å²) in [5.74, 6) is 0. The molecule has 136 valence electrons. The van der Waals surface area contributed by atoms with E-state index in [1.165, 1.54) is 11.1 Å². The zero-order chi connectivity index (χ0) is 18.5. The number of hydrogen-bond donors (Lipinski definition) is 0. The average Bonchev–Trinajstić information content (AvgIpc) is 2.61. The van der Waals surface area contributed by atoms with Crippen molar-refractivity contribution in [1.29, 1.82) is 0 Å². The summed E-state index contributed by atoms with van der Waals surface area (Å²) in [4.78, 5) is 17.2. The van der Waals surface area contributed by atoms with Gasteiger partial charge < -0.3 is 4.57 Å². The molecular formula is C22H25ClN2O. The van der Waals surface area contributed by atoms with Crippen molar-refractivity contribution in [2.45, 2.75) is 46.1 Å². The number of benzene rings is 1. The fraction of sp³-hybridized carbons (Fsp3) is 0.364. The topological polar surface area (TPSA) is 34.4 Å². The molecule has 1 aromatic carbocycles. The van der Waals surface area contributed by atoms with Gasteiger partial charge in [0.05, 0.1) is 0 Å². The lowest BCUT2D eigenvalue weighted by atomic mass is 9.93. The maximum Gasteiger partial charge on any atom is 0.251 e. The summed E-state index contributed by atoms with van der Waals surface area (Å²) in [6, 6.07) is 11.6. The summed E-state index contributed by atoms with van der Waals surface area (Å²) in [7, 11) is 0. The number of allylic oxidation sites excluding steroid dienone is 2. The molecule has 1 aliphatic rings. The maximum atomic E-state index is 12.3. The van der Waals surface area contributed by atoms with Crippen LogP contribution in [0.25, 0.3) is 0 Å². The van der Waals surface area contributed by atoms with Crippen LogP contribution in [-0.2, 0) is 19.4 Å². The van der Waals surface area contributed by atoms with Crippen molar-refractivity contribution >= 4 is 17.3 Å². The third kappa shape index (κ3) is 4.53. The van der Waals surface area contributed by atoms with Crippen LogP contribution in [0.5, 0.6) is 0 Å². The van der Waals surface area contributed by atoms with Gasteiger partial charge in [0.2, 0.25) is 0 Å². The Morgan fingerprint density at radius 3 is 2.85 bits per heavy atom. The predicted molar refractivity (Wildman–Crippen MR) is 110 cm³/mol. The Morgan fingerprint density at radius 1 is 1.23 bits per heavy atom. The van der Waals surface area contributed by atoms with E-state index < -0.39 is 0 Å². The van der Waals surface area contributed by atoms with Crippen LogP contribution >= 0.6 is 11.6 Å². The lowest BCUT2D eigenvalue weighted by molar-refractivity contribution is 0.673. The minimum Gasteiger partial charge on any atom is -0.308 e. The smallest absolute Gasteiger partial charge is 0.251 e. The zero-order valence-corrected chi connectivity index (χ0v) is 16.2. The second-order valence-corrected chi connectivity index (χ2v) is 7.42. The highest BCUT2D eigenvalue weighted by molar-refractivity contribution is 6.30. The van der Waals surface area contributed by atoms with Gasteiger partial charge in [-0.3, -0.25) is 9.79 Å². The van der Waals surface area contributed by atoms with Crippen molar-refractivity contribution in [3.05, 3.63) is 80.2 Å².